The average molecular weight is 381 g/mol. The van der Waals surface area contributed by atoms with Crippen molar-refractivity contribution in [2.45, 2.75) is 96.9 Å². The summed E-state index contributed by atoms with van der Waals surface area (Å²) in [5.41, 5.74) is 0.485. The van der Waals surface area contributed by atoms with E-state index in [1.54, 1.807) is 0 Å². The summed E-state index contributed by atoms with van der Waals surface area (Å²) >= 11 is 0. The second-order valence-electron chi connectivity index (χ2n) is 8.37. The van der Waals surface area contributed by atoms with E-state index in [9.17, 15) is 0 Å². The molecule has 0 radical (unpaired) electrons. The minimum atomic E-state index is -2.15. The summed E-state index contributed by atoms with van der Waals surface area (Å²) in [7, 11) is -5.85. The van der Waals surface area contributed by atoms with Gasteiger partial charge in [0.2, 0.25) is 8.32 Å². The molecule has 0 aliphatic rings. The molecule has 0 amide bonds. The molecular formula is C15H40O3Si4. The molecule has 0 N–H and O–H groups in total. The van der Waals surface area contributed by atoms with Crippen LogP contribution in [0.4, 0.5) is 0 Å². The van der Waals surface area contributed by atoms with Gasteiger partial charge in [-0.1, -0.05) is 20.4 Å². The molecule has 2 atom stereocenters. The van der Waals surface area contributed by atoms with Gasteiger partial charge in [-0.3, -0.25) is 0 Å². The lowest BCUT2D eigenvalue weighted by molar-refractivity contribution is 0.0865. The molecule has 7 heteroatoms. The highest BCUT2D eigenvalue weighted by atomic mass is 28.4. The first-order valence-electron chi connectivity index (χ1n) is 8.80. The Morgan fingerprint density at radius 2 is 1.50 bits per heavy atom. The largest absolute Gasteiger partial charge is 0.436 e. The van der Waals surface area contributed by atoms with Crippen LogP contribution >= 0.6 is 0 Å². The van der Waals surface area contributed by atoms with Crippen molar-refractivity contribution in [2.24, 2.45) is 0 Å². The maximum atomic E-state index is 6.71. The maximum Gasteiger partial charge on any atom is 0.321 e. The third-order valence-electron chi connectivity index (χ3n) is 4.34. The van der Waals surface area contributed by atoms with Gasteiger partial charge in [0.1, 0.15) is 0 Å². The van der Waals surface area contributed by atoms with E-state index < -0.39 is 25.2 Å². The van der Waals surface area contributed by atoms with Gasteiger partial charge in [-0.25, -0.2) is 0 Å². The van der Waals surface area contributed by atoms with Crippen LogP contribution in [0.25, 0.3) is 0 Å². The van der Waals surface area contributed by atoms with E-state index in [0.717, 1.165) is 12.8 Å². The molecular weight excluding hydrogens is 341 g/mol. The Bertz CT molecular complexity index is 338. The fourth-order valence-corrected chi connectivity index (χ4v) is 16.5. The molecule has 0 heterocycles. The lowest BCUT2D eigenvalue weighted by Gasteiger charge is -2.47. The lowest BCUT2D eigenvalue weighted by atomic mass is 10.3. The molecule has 0 aromatic heterocycles. The van der Waals surface area contributed by atoms with Crippen molar-refractivity contribution >= 4 is 34.7 Å². The molecule has 0 rings (SSSR count). The van der Waals surface area contributed by atoms with Gasteiger partial charge in [0.25, 0.3) is 0 Å². The summed E-state index contributed by atoms with van der Waals surface area (Å²) in [6.45, 7) is 24.8. The zero-order chi connectivity index (χ0) is 17.8. The second kappa shape index (κ2) is 8.22. The highest BCUT2D eigenvalue weighted by Gasteiger charge is 2.50. The highest BCUT2D eigenvalue weighted by molar-refractivity contribution is 6.82. The molecule has 0 spiro atoms. The van der Waals surface area contributed by atoms with E-state index in [2.05, 4.69) is 73.1 Å². The minimum Gasteiger partial charge on any atom is -0.436 e. The Kier molecular flexibility index (Phi) is 8.50. The van der Waals surface area contributed by atoms with Crippen molar-refractivity contribution in [3.63, 3.8) is 0 Å². The van der Waals surface area contributed by atoms with E-state index in [-0.39, 0.29) is 14.7 Å². The predicted molar refractivity (Wildman–Crippen MR) is 109 cm³/mol. The van der Waals surface area contributed by atoms with Gasteiger partial charge in [0.05, 0.1) is 14.7 Å². The van der Waals surface area contributed by atoms with E-state index in [1.807, 2.05) is 0 Å². The molecule has 0 aliphatic carbocycles. The molecule has 0 saturated heterocycles. The van der Waals surface area contributed by atoms with Gasteiger partial charge in [-0.15, -0.1) is 0 Å². The van der Waals surface area contributed by atoms with Gasteiger partial charge in [-0.05, 0) is 65.6 Å². The normalized spacial score (nSPS) is 18.7. The minimum absolute atomic E-state index is 0.143. The molecule has 0 aromatic carbocycles. The molecule has 0 aliphatic heterocycles. The molecule has 22 heavy (non-hydrogen) atoms. The third kappa shape index (κ3) is 7.10. The van der Waals surface area contributed by atoms with Crippen LogP contribution in [0.3, 0.4) is 0 Å². The van der Waals surface area contributed by atoms with Crippen molar-refractivity contribution in [1.29, 1.82) is 0 Å². The molecule has 134 valence electrons. The molecule has 0 fully saturated rings. The zero-order valence-electron chi connectivity index (χ0n) is 16.9. The molecule has 0 aromatic rings. The van der Waals surface area contributed by atoms with Crippen LogP contribution < -0.4 is 0 Å². The average Bonchev–Trinajstić information content (AvgIpc) is 2.31. The number of hydrogen-bond acceptors (Lipinski definition) is 3. The van der Waals surface area contributed by atoms with Crippen LogP contribution in [-0.2, 0) is 13.0 Å². The Morgan fingerprint density at radius 1 is 1.00 bits per heavy atom. The van der Waals surface area contributed by atoms with Crippen molar-refractivity contribution in [3.05, 3.63) is 0 Å². The van der Waals surface area contributed by atoms with Crippen molar-refractivity contribution in [1.82, 2.24) is 0 Å². The summed E-state index contributed by atoms with van der Waals surface area (Å²) in [5, 5.41) is -0.181. The Morgan fingerprint density at radius 3 is 1.82 bits per heavy atom. The van der Waals surface area contributed by atoms with Crippen LogP contribution in [0.1, 0.15) is 33.6 Å². The summed E-state index contributed by atoms with van der Waals surface area (Å²) < 4.78 is 19.7. The quantitative estimate of drug-likeness (QED) is 0.524. The van der Waals surface area contributed by atoms with Gasteiger partial charge in [0.15, 0.2) is 8.32 Å². The maximum absolute atomic E-state index is 6.71. The Labute approximate surface area is 144 Å². The zero-order valence-corrected chi connectivity index (χ0v) is 21.3. The van der Waals surface area contributed by atoms with E-state index >= 15 is 0 Å². The fourth-order valence-electron chi connectivity index (χ4n) is 2.92. The second-order valence-corrected chi connectivity index (χ2v) is 22.5. The first-order chi connectivity index (χ1) is 9.72. The Hall–Kier alpha value is 0.748. The van der Waals surface area contributed by atoms with Gasteiger partial charge < -0.3 is 13.0 Å². The monoisotopic (exact) mass is 380 g/mol. The van der Waals surface area contributed by atoms with E-state index in [1.165, 1.54) is 0 Å². The lowest BCUT2D eigenvalue weighted by Crippen LogP contribution is -2.63. The van der Waals surface area contributed by atoms with E-state index in [4.69, 9.17) is 13.0 Å². The molecule has 3 nitrogen and oxygen atoms in total. The van der Waals surface area contributed by atoms with Crippen molar-refractivity contribution in [2.75, 3.05) is 0 Å². The third-order valence-corrected chi connectivity index (χ3v) is 15.8. The number of rotatable bonds is 10. The van der Waals surface area contributed by atoms with Gasteiger partial charge in [-0.2, -0.15) is 0 Å². The molecule has 0 saturated carbocycles. The first-order valence-corrected chi connectivity index (χ1v) is 20.2. The fraction of sp³-hybridized carbons (Fsp3) is 1.00. The van der Waals surface area contributed by atoms with Crippen LogP contribution in [0.15, 0.2) is 0 Å². The summed E-state index contributed by atoms with van der Waals surface area (Å²) in [5.74, 6) is 0. The SMILES string of the molecule is CCC(O[Si](C)(C)[C@](C)(CC)O[Si](C)(C)O[Si](C)(C)C)[SiH2]C. The highest BCUT2D eigenvalue weighted by Crippen LogP contribution is 2.34. The summed E-state index contributed by atoms with van der Waals surface area (Å²) in [6, 6.07) is 0. The predicted octanol–water partition coefficient (Wildman–Crippen LogP) is 4.44. The standard InChI is InChI=1S/C15H40O3Si4/c1-12-14(19-4)16-21(8,9)15(3,13-2)17-22(10,11)18-20(5,6)7/h14H,12-13,19H2,1-11H3/t14?,15-/m1/s1. The number of hydrogen-bond donors (Lipinski definition) is 0. The smallest absolute Gasteiger partial charge is 0.321 e. The molecule has 1 unspecified atom stereocenters. The van der Waals surface area contributed by atoms with Crippen molar-refractivity contribution < 1.29 is 13.0 Å². The first kappa shape index (κ1) is 22.7. The Balaban J connectivity index is 5.24. The topological polar surface area (TPSA) is 27.7 Å². The van der Waals surface area contributed by atoms with Gasteiger partial charge >= 0.3 is 8.56 Å². The van der Waals surface area contributed by atoms with E-state index in [0.29, 0.717) is 5.73 Å². The van der Waals surface area contributed by atoms with Crippen LogP contribution in [-0.4, -0.2) is 45.7 Å². The van der Waals surface area contributed by atoms with Crippen molar-refractivity contribution in [3.8, 4) is 0 Å². The van der Waals surface area contributed by atoms with Crippen LogP contribution in [0, 0.1) is 0 Å². The van der Waals surface area contributed by atoms with Gasteiger partial charge in [0, 0.05) is 5.73 Å². The van der Waals surface area contributed by atoms with Crippen LogP contribution in [0.5, 0.6) is 0 Å². The molecule has 0 bridgehead atoms. The summed E-state index contributed by atoms with van der Waals surface area (Å²) in [6.07, 6.45) is 2.12. The summed E-state index contributed by atoms with van der Waals surface area (Å²) in [4.78, 5) is 0. The van der Waals surface area contributed by atoms with Crippen LogP contribution in [0.2, 0.25) is 52.4 Å².